The molecule has 4 aromatic rings. The maximum Gasteiger partial charge on any atom is 0.329 e. The molecule has 0 radical (unpaired) electrons. The van der Waals surface area contributed by atoms with Gasteiger partial charge in [0.1, 0.15) is 17.1 Å². The van der Waals surface area contributed by atoms with Gasteiger partial charge in [0, 0.05) is 23.7 Å². The van der Waals surface area contributed by atoms with E-state index in [-0.39, 0.29) is 11.7 Å². The first-order valence-electron chi connectivity index (χ1n) is 10.9. The van der Waals surface area contributed by atoms with Crippen molar-refractivity contribution in [2.45, 2.75) is 45.2 Å². The number of hydrogen-bond donors (Lipinski definition) is 1. The summed E-state index contributed by atoms with van der Waals surface area (Å²) in [5.74, 6) is 1.88. The average molecular weight is 421 g/mol. The normalized spacial score (nSPS) is 19.2. The van der Waals surface area contributed by atoms with E-state index >= 15 is 0 Å². The number of aromatic nitrogens is 4. The first-order chi connectivity index (χ1) is 15.1. The average Bonchev–Trinajstić information content (AvgIpc) is 3.37. The number of benzene rings is 1. The Labute approximate surface area is 180 Å². The Kier molecular flexibility index (Phi) is 4.96. The molecule has 3 heterocycles. The fourth-order valence-electron chi connectivity index (χ4n) is 5.04. The molecule has 2 atom stereocenters. The number of nitrogens with one attached hydrogen (secondary N) is 1. The maximum atomic E-state index is 13.8. The zero-order chi connectivity index (χ0) is 21.5. The van der Waals surface area contributed by atoms with Gasteiger partial charge in [-0.3, -0.25) is 9.13 Å². The third-order valence-electron chi connectivity index (χ3n) is 6.66. The fourth-order valence-corrected chi connectivity index (χ4v) is 5.04. The summed E-state index contributed by atoms with van der Waals surface area (Å²) in [6.07, 6.45) is 8.27. The zero-order valence-corrected chi connectivity index (χ0v) is 18.2. The van der Waals surface area contributed by atoms with Crippen LogP contribution < -0.4 is 15.2 Å². The highest BCUT2D eigenvalue weighted by Gasteiger charge is 2.28. The molecule has 1 aliphatic rings. The molecule has 0 saturated heterocycles. The molecule has 3 aromatic heterocycles. The number of methoxy groups -OCH3 is 2. The standard InChI is InChI=1S/C24H28N4O3/c1-15-6-4-5-7-20(15)28-22-19-8-9-25-23(19)26-13-21(22)27(24(28)29)14-16-10-17(30-2)12-18(11-16)31-3/h8-13,15,20H,4-7,14H2,1-3H3,(H,25,26)/t15-,20+/m1/s1. The van der Waals surface area contributed by atoms with Gasteiger partial charge in [0.05, 0.1) is 38.0 Å². The predicted octanol–water partition coefficient (Wildman–Crippen LogP) is 4.50. The molecular formula is C24H28N4O3. The molecule has 5 rings (SSSR count). The lowest BCUT2D eigenvalue weighted by Gasteiger charge is -2.29. The summed E-state index contributed by atoms with van der Waals surface area (Å²) in [7, 11) is 3.27. The van der Waals surface area contributed by atoms with Crippen molar-refractivity contribution in [3.8, 4) is 11.5 Å². The van der Waals surface area contributed by atoms with Gasteiger partial charge in [0.25, 0.3) is 0 Å². The van der Waals surface area contributed by atoms with Gasteiger partial charge in [0.15, 0.2) is 0 Å². The minimum atomic E-state index is 0.0195. The number of hydrogen-bond acceptors (Lipinski definition) is 4. The topological polar surface area (TPSA) is 74.1 Å². The van der Waals surface area contributed by atoms with Crippen molar-refractivity contribution in [2.75, 3.05) is 14.2 Å². The maximum absolute atomic E-state index is 13.8. The molecule has 0 spiro atoms. The summed E-state index contributed by atoms with van der Waals surface area (Å²) in [5, 5.41) is 0.995. The summed E-state index contributed by atoms with van der Waals surface area (Å²) in [6.45, 7) is 2.69. The van der Waals surface area contributed by atoms with Crippen LogP contribution >= 0.6 is 0 Å². The first-order valence-corrected chi connectivity index (χ1v) is 10.9. The lowest BCUT2D eigenvalue weighted by molar-refractivity contribution is 0.256. The van der Waals surface area contributed by atoms with Crippen LogP contribution in [0.5, 0.6) is 11.5 Å². The molecule has 1 saturated carbocycles. The van der Waals surface area contributed by atoms with Crippen LogP contribution in [0.2, 0.25) is 0 Å². The minimum Gasteiger partial charge on any atom is -0.497 e. The highest BCUT2D eigenvalue weighted by atomic mass is 16.5. The smallest absolute Gasteiger partial charge is 0.329 e. The van der Waals surface area contributed by atoms with Crippen LogP contribution in [0, 0.1) is 5.92 Å². The van der Waals surface area contributed by atoms with Gasteiger partial charge in [-0.1, -0.05) is 19.8 Å². The Morgan fingerprint density at radius 3 is 2.58 bits per heavy atom. The molecule has 1 N–H and O–H groups in total. The van der Waals surface area contributed by atoms with E-state index in [0.29, 0.717) is 24.0 Å². The molecule has 7 nitrogen and oxygen atoms in total. The molecule has 0 bridgehead atoms. The quantitative estimate of drug-likeness (QED) is 0.516. The van der Waals surface area contributed by atoms with Gasteiger partial charge < -0.3 is 14.5 Å². The molecule has 1 aromatic carbocycles. The van der Waals surface area contributed by atoms with Crippen molar-refractivity contribution in [3.05, 3.63) is 52.7 Å². The second-order valence-electron chi connectivity index (χ2n) is 8.52. The molecule has 31 heavy (non-hydrogen) atoms. The monoisotopic (exact) mass is 420 g/mol. The zero-order valence-electron chi connectivity index (χ0n) is 18.2. The molecule has 162 valence electrons. The number of ether oxygens (including phenoxy) is 2. The Morgan fingerprint density at radius 1 is 1.13 bits per heavy atom. The van der Waals surface area contributed by atoms with Crippen molar-refractivity contribution in [1.29, 1.82) is 0 Å². The van der Waals surface area contributed by atoms with E-state index in [9.17, 15) is 4.79 Å². The Bertz CT molecular complexity index is 1280. The predicted molar refractivity (Wildman–Crippen MR) is 121 cm³/mol. The lowest BCUT2D eigenvalue weighted by Crippen LogP contribution is -2.32. The number of aromatic amines is 1. The highest BCUT2D eigenvalue weighted by molar-refractivity contribution is 6.01. The molecule has 0 unspecified atom stereocenters. The van der Waals surface area contributed by atoms with E-state index in [1.165, 1.54) is 6.42 Å². The van der Waals surface area contributed by atoms with Crippen LogP contribution in [0.15, 0.2) is 41.5 Å². The summed E-state index contributed by atoms with van der Waals surface area (Å²) in [5.41, 5.74) is 3.61. The van der Waals surface area contributed by atoms with Gasteiger partial charge in [-0.15, -0.1) is 0 Å². The first kappa shape index (κ1) is 19.7. The van der Waals surface area contributed by atoms with Crippen molar-refractivity contribution >= 4 is 22.1 Å². The van der Waals surface area contributed by atoms with Gasteiger partial charge in [-0.2, -0.15) is 0 Å². The lowest BCUT2D eigenvalue weighted by atomic mass is 9.85. The van der Waals surface area contributed by atoms with E-state index in [4.69, 9.17) is 9.47 Å². The van der Waals surface area contributed by atoms with Crippen molar-refractivity contribution in [1.82, 2.24) is 19.1 Å². The SMILES string of the molecule is COc1cc(Cn2c(=O)n([C@H]3CCCC[C@H]3C)c3c4cc[nH]c4ncc32)cc(OC)c1. The van der Waals surface area contributed by atoms with E-state index in [0.717, 1.165) is 46.9 Å². The number of rotatable bonds is 5. The van der Waals surface area contributed by atoms with Gasteiger partial charge in [-0.05, 0) is 42.5 Å². The van der Waals surface area contributed by atoms with Crippen LogP contribution in [0.25, 0.3) is 22.1 Å². The largest absolute Gasteiger partial charge is 0.497 e. The second-order valence-corrected chi connectivity index (χ2v) is 8.52. The van der Waals surface area contributed by atoms with E-state index in [2.05, 4.69) is 16.9 Å². The number of imidazole rings is 1. The molecule has 0 aliphatic heterocycles. The molecule has 1 fully saturated rings. The van der Waals surface area contributed by atoms with Crippen molar-refractivity contribution in [2.24, 2.45) is 5.92 Å². The number of H-pyrrole nitrogens is 1. The fraction of sp³-hybridized carbons (Fsp3) is 0.417. The van der Waals surface area contributed by atoms with Crippen LogP contribution in [0.4, 0.5) is 0 Å². The molecular weight excluding hydrogens is 392 g/mol. The minimum absolute atomic E-state index is 0.0195. The Morgan fingerprint density at radius 2 is 1.87 bits per heavy atom. The third kappa shape index (κ3) is 3.28. The number of nitrogens with zero attached hydrogens (tertiary/aromatic N) is 3. The van der Waals surface area contributed by atoms with Crippen molar-refractivity contribution < 1.29 is 9.47 Å². The molecule has 0 amide bonds. The summed E-state index contributed by atoms with van der Waals surface area (Å²) >= 11 is 0. The third-order valence-corrected chi connectivity index (χ3v) is 6.66. The van der Waals surface area contributed by atoms with Crippen LogP contribution in [-0.4, -0.2) is 33.3 Å². The summed E-state index contributed by atoms with van der Waals surface area (Å²) in [4.78, 5) is 21.6. The van der Waals surface area contributed by atoms with Crippen LogP contribution in [0.3, 0.4) is 0 Å². The van der Waals surface area contributed by atoms with E-state index < -0.39 is 0 Å². The molecule has 7 heteroatoms. The molecule has 1 aliphatic carbocycles. The van der Waals surface area contributed by atoms with Gasteiger partial charge in [-0.25, -0.2) is 9.78 Å². The Balaban J connectivity index is 1.72. The number of pyridine rings is 1. The summed E-state index contributed by atoms with van der Waals surface area (Å²) in [6, 6.07) is 7.95. The number of fused-ring (bicyclic) bond motifs is 3. The highest BCUT2D eigenvalue weighted by Crippen LogP contribution is 2.36. The van der Waals surface area contributed by atoms with Gasteiger partial charge >= 0.3 is 5.69 Å². The van der Waals surface area contributed by atoms with Crippen molar-refractivity contribution in [3.63, 3.8) is 0 Å². The second kappa shape index (κ2) is 7.80. The van der Waals surface area contributed by atoms with Crippen LogP contribution in [-0.2, 0) is 6.54 Å². The van der Waals surface area contributed by atoms with E-state index in [1.807, 2.05) is 45.8 Å². The van der Waals surface area contributed by atoms with Crippen LogP contribution in [0.1, 0.15) is 44.2 Å². The van der Waals surface area contributed by atoms with E-state index in [1.54, 1.807) is 14.2 Å². The summed E-state index contributed by atoms with van der Waals surface area (Å²) < 4.78 is 14.7. The van der Waals surface area contributed by atoms with Gasteiger partial charge in [0.2, 0.25) is 0 Å². The Hall–Kier alpha value is -3.22.